The molecule has 2 N–H and O–H groups in total. The molecule has 0 radical (unpaired) electrons. The second-order valence-corrected chi connectivity index (χ2v) is 4.20. The fraction of sp³-hybridized carbons (Fsp3) is 0.455. The number of nitrogens with zero attached hydrogens (tertiary/aromatic N) is 3. The van der Waals surface area contributed by atoms with Crippen molar-refractivity contribution in [1.29, 1.82) is 0 Å². The van der Waals surface area contributed by atoms with Gasteiger partial charge in [0.15, 0.2) is 0 Å². The average molecular weight is 274 g/mol. The molecule has 1 aliphatic heterocycles. The van der Waals surface area contributed by atoms with Crippen LogP contribution in [0.5, 0.6) is 0 Å². The van der Waals surface area contributed by atoms with Gasteiger partial charge in [0.2, 0.25) is 0 Å². The Morgan fingerprint density at radius 1 is 1.26 bits per heavy atom. The van der Waals surface area contributed by atoms with Gasteiger partial charge < -0.3 is 15.5 Å². The van der Waals surface area contributed by atoms with Crippen molar-refractivity contribution < 1.29 is 18.0 Å². The number of hydrogen-bond donors (Lipinski definition) is 1. The van der Waals surface area contributed by atoms with Gasteiger partial charge in [0.1, 0.15) is 0 Å². The molecular formula is C11H13F3N4O. The maximum absolute atomic E-state index is 12.9. The summed E-state index contributed by atoms with van der Waals surface area (Å²) in [6, 6.07) is 0.786. The van der Waals surface area contributed by atoms with Gasteiger partial charge in [-0.25, -0.2) is 4.79 Å². The topological polar surface area (TPSA) is 62.5 Å². The van der Waals surface area contributed by atoms with E-state index in [4.69, 9.17) is 5.73 Å². The Balaban J connectivity index is 2.18. The lowest BCUT2D eigenvalue weighted by Gasteiger charge is -2.36. The number of rotatable bonds is 1. The van der Waals surface area contributed by atoms with Gasteiger partial charge in [-0.1, -0.05) is 0 Å². The van der Waals surface area contributed by atoms with Gasteiger partial charge in [0.05, 0.1) is 11.3 Å². The Hall–Kier alpha value is -1.99. The normalized spacial score (nSPS) is 16.6. The van der Waals surface area contributed by atoms with Gasteiger partial charge in [-0.05, 0) is 6.07 Å². The van der Waals surface area contributed by atoms with Crippen LogP contribution < -0.4 is 10.6 Å². The number of carbonyl (C=O) groups is 1. The number of alkyl halides is 3. The maximum Gasteiger partial charge on any atom is 0.419 e. The van der Waals surface area contributed by atoms with Crippen molar-refractivity contribution in [1.82, 2.24) is 9.88 Å². The highest BCUT2D eigenvalue weighted by molar-refractivity contribution is 5.72. The number of nitrogens with two attached hydrogens (primary N) is 1. The zero-order valence-corrected chi connectivity index (χ0v) is 10.0. The minimum Gasteiger partial charge on any atom is -0.367 e. The predicted octanol–water partition coefficient (Wildman–Crippen LogP) is 1.30. The summed E-state index contributed by atoms with van der Waals surface area (Å²) in [6.07, 6.45) is -2.30. The summed E-state index contributed by atoms with van der Waals surface area (Å²) < 4.78 is 38.6. The quantitative estimate of drug-likeness (QED) is 0.839. The summed E-state index contributed by atoms with van der Waals surface area (Å²) in [6.45, 7) is 1.26. The smallest absolute Gasteiger partial charge is 0.367 e. The predicted molar refractivity (Wildman–Crippen MR) is 62.6 cm³/mol. The molecule has 1 fully saturated rings. The Morgan fingerprint density at radius 3 is 2.42 bits per heavy atom. The molecule has 1 saturated heterocycles. The second-order valence-electron chi connectivity index (χ2n) is 4.20. The molecule has 0 atom stereocenters. The molecule has 0 aliphatic carbocycles. The van der Waals surface area contributed by atoms with E-state index in [1.165, 1.54) is 17.2 Å². The lowest BCUT2D eigenvalue weighted by Crippen LogP contribution is -2.50. The van der Waals surface area contributed by atoms with Gasteiger partial charge in [-0.2, -0.15) is 13.2 Å². The van der Waals surface area contributed by atoms with Crippen LogP contribution in [0, 0.1) is 0 Å². The molecular weight excluding hydrogens is 261 g/mol. The first-order valence-corrected chi connectivity index (χ1v) is 5.70. The van der Waals surface area contributed by atoms with Crippen LogP contribution >= 0.6 is 0 Å². The van der Waals surface area contributed by atoms with Crippen molar-refractivity contribution in [2.24, 2.45) is 5.73 Å². The third kappa shape index (κ3) is 2.88. The molecule has 0 bridgehead atoms. The number of aromatic nitrogens is 1. The van der Waals surface area contributed by atoms with Crippen LogP contribution in [0.2, 0.25) is 0 Å². The molecule has 104 valence electrons. The largest absolute Gasteiger partial charge is 0.419 e. The fourth-order valence-electron chi connectivity index (χ4n) is 2.05. The van der Waals surface area contributed by atoms with E-state index in [2.05, 4.69) is 4.98 Å². The average Bonchev–Trinajstić information content (AvgIpc) is 2.38. The Labute approximate surface area is 107 Å². The van der Waals surface area contributed by atoms with Gasteiger partial charge >= 0.3 is 12.2 Å². The third-order valence-electron chi connectivity index (χ3n) is 3.04. The Kier molecular flexibility index (Phi) is 3.50. The van der Waals surface area contributed by atoms with E-state index >= 15 is 0 Å². The zero-order valence-electron chi connectivity index (χ0n) is 10.0. The molecule has 0 spiro atoms. The monoisotopic (exact) mass is 274 g/mol. The van der Waals surface area contributed by atoms with Crippen LogP contribution in [-0.4, -0.2) is 42.1 Å². The summed E-state index contributed by atoms with van der Waals surface area (Å²) in [4.78, 5) is 17.5. The first-order chi connectivity index (χ1) is 8.89. The molecule has 1 aliphatic rings. The van der Waals surface area contributed by atoms with Crippen molar-refractivity contribution in [3.05, 3.63) is 24.0 Å². The number of piperazine rings is 1. The van der Waals surface area contributed by atoms with Crippen LogP contribution in [0.25, 0.3) is 0 Å². The number of carbonyl (C=O) groups excluding carboxylic acids is 1. The van der Waals surface area contributed by atoms with E-state index in [-0.39, 0.29) is 5.69 Å². The lowest BCUT2D eigenvalue weighted by molar-refractivity contribution is -0.137. The van der Waals surface area contributed by atoms with E-state index in [1.807, 2.05) is 0 Å². The molecule has 2 amide bonds. The molecule has 19 heavy (non-hydrogen) atoms. The standard InChI is InChI=1S/C11H13F3N4O/c12-11(13,14)8-7-16-2-1-9(8)17-3-5-18(6-4-17)10(15)19/h1-2,7H,3-6H2,(H2,15,19). The summed E-state index contributed by atoms with van der Waals surface area (Å²) in [5.74, 6) is 0. The van der Waals surface area contributed by atoms with E-state index in [0.29, 0.717) is 26.2 Å². The highest BCUT2D eigenvalue weighted by atomic mass is 19.4. The van der Waals surface area contributed by atoms with E-state index in [9.17, 15) is 18.0 Å². The van der Waals surface area contributed by atoms with Gasteiger partial charge in [-0.15, -0.1) is 0 Å². The van der Waals surface area contributed by atoms with E-state index in [0.717, 1.165) is 6.20 Å². The van der Waals surface area contributed by atoms with E-state index in [1.54, 1.807) is 4.90 Å². The summed E-state index contributed by atoms with van der Waals surface area (Å²) in [5, 5.41) is 0. The molecule has 0 unspecified atom stereocenters. The van der Waals surface area contributed by atoms with Crippen molar-refractivity contribution in [2.45, 2.75) is 6.18 Å². The molecule has 2 heterocycles. The molecule has 8 heteroatoms. The molecule has 5 nitrogen and oxygen atoms in total. The second kappa shape index (κ2) is 4.94. The number of urea groups is 1. The number of pyridine rings is 1. The molecule has 1 aromatic heterocycles. The minimum atomic E-state index is -4.44. The zero-order chi connectivity index (χ0) is 14.0. The summed E-state index contributed by atoms with van der Waals surface area (Å²) in [7, 11) is 0. The number of primary amides is 1. The molecule has 1 aromatic rings. The van der Waals surface area contributed by atoms with Crippen molar-refractivity contribution >= 4 is 11.7 Å². The first-order valence-electron chi connectivity index (χ1n) is 5.70. The van der Waals surface area contributed by atoms with Gasteiger partial charge in [0, 0.05) is 38.6 Å². The lowest BCUT2D eigenvalue weighted by atomic mass is 10.2. The highest BCUT2D eigenvalue weighted by Crippen LogP contribution is 2.36. The third-order valence-corrected chi connectivity index (χ3v) is 3.04. The van der Waals surface area contributed by atoms with Crippen molar-refractivity contribution in [3.63, 3.8) is 0 Å². The molecule has 0 aromatic carbocycles. The highest BCUT2D eigenvalue weighted by Gasteiger charge is 2.35. The number of halogens is 3. The number of amides is 2. The summed E-state index contributed by atoms with van der Waals surface area (Å²) in [5.41, 5.74) is 4.46. The van der Waals surface area contributed by atoms with Crippen molar-refractivity contribution in [2.75, 3.05) is 31.1 Å². The summed E-state index contributed by atoms with van der Waals surface area (Å²) >= 11 is 0. The first kappa shape index (κ1) is 13.4. The van der Waals surface area contributed by atoms with Crippen LogP contribution in [0.1, 0.15) is 5.56 Å². The van der Waals surface area contributed by atoms with Crippen LogP contribution in [0.4, 0.5) is 23.7 Å². The molecule has 2 rings (SSSR count). The van der Waals surface area contributed by atoms with Crippen LogP contribution in [0.3, 0.4) is 0 Å². The fourth-order valence-corrected chi connectivity index (χ4v) is 2.05. The number of hydrogen-bond acceptors (Lipinski definition) is 3. The van der Waals surface area contributed by atoms with Gasteiger partial charge in [-0.3, -0.25) is 4.98 Å². The van der Waals surface area contributed by atoms with Crippen LogP contribution in [0.15, 0.2) is 18.5 Å². The number of anilines is 1. The maximum atomic E-state index is 12.9. The molecule has 0 saturated carbocycles. The minimum absolute atomic E-state index is 0.0895. The van der Waals surface area contributed by atoms with Gasteiger partial charge in [0.25, 0.3) is 0 Å². The van der Waals surface area contributed by atoms with Crippen LogP contribution in [-0.2, 0) is 6.18 Å². The van der Waals surface area contributed by atoms with E-state index < -0.39 is 17.8 Å². The van der Waals surface area contributed by atoms with Crippen molar-refractivity contribution in [3.8, 4) is 0 Å². The Bertz CT molecular complexity index is 469. The Morgan fingerprint density at radius 2 is 1.89 bits per heavy atom. The SMILES string of the molecule is NC(=O)N1CCN(c2ccncc2C(F)(F)F)CC1.